The Morgan fingerprint density at radius 3 is 2.87 bits per heavy atom. The SMILES string of the molecule is Cc1cncc(NC(=O)COC(C)C)c1. The smallest absolute Gasteiger partial charge is 0.250 e. The molecule has 0 unspecified atom stereocenters. The lowest BCUT2D eigenvalue weighted by Gasteiger charge is -2.08. The van der Waals surface area contributed by atoms with Gasteiger partial charge in [-0.3, -0.25) is 9.78 Å². The molecule has 15 heavy (non-hydrogen) atoms. The highest BCUT2D eigenvalue weighted by molar-refractivity contribution is 5.91. The van der Waals surface area contributed by atoms with Crippen LogP contribution in [0, 0.1) is 6.92 Å². The van der Waals surface area contributed by atoms with Gasteiger partial charge in [-0.1, -0.05) is 0 Å². The van der Waals surface area contributed by atoms with Gasteiger partial charge in [0.2, 0.25) is 5.91 Å². The van der Waals surface area contributed by atoms with Gasteiger partial charge in [0.25, 0.3) is 0 Å². The number of hydrogen-bond donors (Lipinski definition) is 1. The molecule has 1 amide bonds. The number of ether oxygens (including phenoxy) is 1. The van der Waals surface area contributed by atoms with Gasteiger partial charge in [-0.05, 0) is 32.4 Å². The maximum Gasteiger partial charge on any atom is 0.250 e. The summed E-state index contributed by atoms with van der Waals surface area (Å²) in [4.78, 5) is 15.3. The van der Waals surface area contributed by atoms with Crippen LogP contribution >= 0.6 is 0 Å². The van der Waals surface area contributed by atoms with Gasteiger partial charge in [0.1, 0.15) is 6.61 Å². The Balaban J connectivity index is 2.44. The highest BCUT2D eigenvalue weighted by Crippen LogP contribution is 2.06. The minimum Gasteiger partial charge on any atom is -0.369 e. The molecule has 0 aliphatic heterocycles. The Morgan fingerprint density at radius 2 is 2.27 bits per heavy atom. The number of aryl methyl sites for hydroxylation is 1. The number of pyridine rings is 1. The number of carbonyl (C=O) groups excluding carboxylic acids is 1. The maximum atomic E-state index is 11.4. The van der Waals surface area contributed by atoms with E-state index in [4.69, 9.17) is 4.74 Å². The molecule has 1 aromatic rings. The molecule has 0 fully saturated rings. The molecule has 1 aromatic heterocycles. The van der Waals surface area contributed by atoms with Crippen molar-refractivity contribution >= 4 is 11.6 Å². The van der Waals surface area contributed by atoms with Crippen molar-refractivity contribution in [2.75, 3.05) is 11.9 Å². The number of hydrogen-bond acceptors (Lipinski definition) is 3. The Hall–Kier alpha value is -1.42. The number of nitrogens with one attached hydrogen (secondary N) is 1. The van der Waals surface area contributed by atoms with E-state index in [2.05, 4.69) is 10.3 Å². The molecule has 0 atom stereocenters. The molecule has 4 nitrogen and oxygen atoms in total. The summed E-state index contributed by atoms with van der Waals surface area (Å²) in [6.45, 7) is 5.78. The standard InChI is InChI=1S/C11H16N2O2/c1-8(2)15-7-11(14)13-10-4-9(3)5-12-6-10/h4-6,8H,7H2,1-3H3,(H,13,14). The van der Waals surface area contributed by atoms with E-state index in [1.54, 1.807) is 12.4 Å². The van der Waals surface area contributed by atoms with E-state index in [1.807, 2.05) is 26.8 Å². The first-order valence-electron chi connectivity index (χ1n) is 4.91. The molecule has 0 aliphatic rings. The van der Waals surface area contributed by atoms with Crippen LogP contribution in [0.3, 0.4) is 0 Å². The summed E-state index contributed by atoms with van der Waals surface area (Å²) in [7, 11) is 0. The predicted octanol–water partition coefficient (Wildman–Crippen LogP) is 1.75. The van der Waals surface area contributed by atoms with Crippen molar-refractivity contribution in [2.24, 2.45) is 0 Å². The number of nitrogens with zero attached hydrogens (tertiary/aromatic N) is 1. The Morgan fingerprint density at radius 1 is 1.53 bits per heavy atom. The minimum atomic E-state index is -0.156. The van der Waals surface area contributed by atoms with E-state index in [-0.39, 0.29) is 18.6 Å². The average Bonchev–Trinajstić information content (AvgIpc) is 2.15. The van der Waals surface area contributed by atoms with Crippen LogP contribution < -0.4 is 5.32 Å². The molecule has 1 rings (SSSR count). The van der Waals surface area contributed by atoms with Gasteiger partial charge in [0.15, 0.2) is 0 Å². The zero-order valence-electron chi connectivity index (χ0n) is 9.28. The van der Waals surface area contributed by atoms with Gasteiger partial charge in [-0.25, -0.2) is 0 Å². The fraction of sp³-hybridized carbons (Fsp3) is 0.455. The largest absolute Gasteiger partial charge is 0.369 e. The van der Waals surface area contributed by atoms with Gasteiger partial charge in [-0.15, -0.1) is 0 Å². The first kappa shape index (κ1) is 11.7. The molecule has 0 radical (unpaired) electrons. The third-order valence-corrected chi connectivity index (χ3v) is 1.71. The number of anilines is 1. The topological polar surface area (TPSA) is 51.2 Å². The number of aromatic nitrogens is 1. The maximum absolute atomic E-state index is 11.4. The molecule has 0 saturated carbocycles. The van der Waals surface area contributed by atoms with E-state index < -0.39 is 0 Å². The highest BCUT2D eigenvalue weighted by atomic mass is 16.5. The summed E-state index contributed by atoms with van der Waals surface area (Å²) in [6.07, 6.45) is 3.41. The Kier molecular flexibility index (Phi) is 4.24. The lowest BCUT2D eigenvalue weighted by molar-refractivity contribution is -0.121. The first-order valence-corrected chi connectivity index (χ1v) is 4.91. The van der Waals surface area contributed by atoms with Crippen molar-refractivity contribution in [3.63, 3.8) is 0 Å². The summed E-state index contributed by atoms with van der Waals surface area (Å²) in [6, 6.07) is 1.86. The van der Waals surface area contributed by atoms with Gasteiger partial charge in [-0.2, -0.15) is 0 Å². The first-order chi connectivity index (χ1) is 7.08. The van der Waals surface area contributed by atoms with Crippen molar-refractivity contribution in [3.8, 4) is 0 Å². The second kappa shape index (κ2) is 5.46. The lowest BCUT2D eigenvalue weighted by atomic mass is 10.3. The van der Waals surface area contributed by atoms with Crippen LogP contribution in [0.15, 0.2) is 18.5 Å². The number of amides is 1. The second-order valence-corrected chi connectivity index (χ2v) is 3.66. The zero-order valence-corrected chi connectivity index (χ0v) is 9.28. The van der Waals surface area contributed by atoms with E-state index in [0.29, 0.717) is 5.69 Å². The number of rotatable bonds is 4. The van der Waals surface area contributed by atoms with E-state index in [1.165, 1.54) is 0 Å². The summed E-state index contributed by atoms with van der Waals surface area (Å²) >= 11 is 0. The van der Waals surface area contributed by atoms with Crippen molar-refractivity contribution in [3.05, 3.63) is 24.0 Å². The molecule has 1 N–H and O–H groups in total. The van der Waals surface area contributed by atoms with E-state index >= 15 is 0 Å². The monoisotopic (exact) mass is 208 g/mol. The van der Waals surface area contributed by atoms with Crippen molar-refractivity contribution in [1.29, 1.82) is 0 Å². The molecule has 0 bridgehead atoms. The second-order valence-electron chi connectivity index (χ2n) is 3.66. The molecule has 0 spiro atoms. The molecule has 1 heterocycles. The van der Waals surface area contributed by atoms with Crippen LogP contribution in [-0.2, 0) is 9.53 Å². The summed E-state index contributed by atoms with van der Waals surface area (Å²) in [5.41, 5.74) is 1.71. The highest BCUT2D eigenvalue weighted by Gasteiger charge is 2.03. The zero-order chi connectivity index (χ0) is 11.3. The van der Waals surface area contributed by atoms with Crippen molar-refractivity contribution in [2.45, 2.75) is 26.9 Å². The average molecular weight is 208 g/mol. The van der Waals surface area contributed by atoms with Gasteiger partial charge in [0, 0.05) is 6.20 Å². The van der Waals surface area contributed by atoms with Crippen LogP contribution in [0.1, 0.15) is 19.4 Å². The third kappa shape index (κ3) is 4.56. The number of carbonyl (C=O) groups is 1. The van der Waals surface area contributed by atoms with Crippen LogP contribution in [0.2, 0.25) is 0 Å². The molecular weight excluding hydrogens is 192 g/mol. The summed E-state index contributed by atoms with van der Waals surface area (Å²) in [5.74, 6) is -0.156. The molecule has 82 valence electrons. The molecule has 0 aliphatic carbocycles. The lowest BCUT2D eigenvalue weighted by Crippen LogP contribution is -2.20. The Labute approximate surface area is 89.7 Å². The summed E-state index contributed by atoms with van der Waals surface area (Å²) < 4.78 is 5.17. The quantitative estimate of drug-likeness (QED) is 0.820. The van der Waals surface area contributed by atoms with Gasteiger partial charge < -0.3 is 10.1 Å². The molecule has 0 aromatic carbocycles. The van der Waals surface area contributed by atoms with E-state index in [9.17, 15) is 4.79 Å². The van der Waals surface area contributed by atoms with Gasteiger partial charge in [0.05, 0.1) is 18.0 Å². The summed E-state index contributed by atoms with van der Waals surface area (Å²) in [5, 5.41) is 2.71. The van der Waals surface area contributed by atoms with Crippen LogP contribution in [0.5, 0.6) is 0 Å². The molecule has 0 saturated heterocycles. The van der Waals surface area contributed by atoms with Crippen molar-refractivity contribution in [1.82, 2.24) is 4.98 Å². The Bertz CT molecular complexity index is 337. The van der Waals surface area contributed by atoms with Crippen LogP contribution in [0.25, 0.3) is 0 Å². The normalized spacial score (nSPS) is 10.4. The third-order valence-electron chi connectivity index (χ3n) is 1.71. The van der Waals surface area contributed by atoms with Crippen molar-refractivity contribution < 1.29 is 9.53 Å². The van der Waals surface area contributed by atoms with Gasteiger partial charge >= 0.3 is 0 Å². The van der Waals surface area contributed by atoms with E-state index in [0.717, 1.165) is 5.56 Å². The fourth-order valence-electron chi connectivity index (χ4n) is 1.06. The molecule has 4 heteroatoms. The minimum absolute atomic E-state index is 0.0615. The predicted molar refractivity (Wildman–Crippen MR) is 58.7 cm³/mol. The molecular formula is C11H16N2O2. The van der Waals surface area contributed by atoms with Crippen LogP contribution in [-0.4, -0.2) is 23.6 Å². The fourth-order valence-corrected chi connectivity index (χ4v) is 1.06. The van der Waals surface area contributed by atoms with Crippen LogP contribution in [0.4, 0.5) is 5.69 Å².